The molecule has 0 aromatic carbocycles. The van der Waals surface area contributed by atoms with Crippen molar-refractivity contribution in [3.63, 3.8) is 0 Å². The van der Waals surface area contributed by atoms with Crippen LogP contribution in [0.3, 0.4) is 0 Å². The molecule has 1 aliphatic rings. The summed E-state index contributed by atoms with van der Waals surface area (Å²) in [7, 11) is 0. The molecule has 0 aliphatic heterocycles. The standard InChI is InChI=1S/C9H16/c1-4-7(2)8(3)9-5-6-9/h7H,4-6H2,1-3H3. The van der Waals surface area contributed by atoms with Gasteiger partial charge in [0, 0.05) is 0 Å². The fourth-order valence-corrected chi connectivity index (χ4v) is 1.11. The zero-order chi connectivity index (χ0) is 6.85. The zero-order valence-electron chi connectivity index (χ0n) is 6.70. The van der Waals surface area contributed by atoms with Gasteiger partial charge < -0.3 is 0 Å². The van der Waals surface area contributed by atoms with E-state index < -0.39 is 0 Å². The van der Waals surface area contributed by atoms with E-state index in [-0.39, 0.29) is 0 Å². The monoisotopic (exact) mass is 124 g/mol. The Morgan fingerprint density at radius 3 is 2.44 bits per heavy atom. The first-order valence-electron chi connectivity index (χ1n) is 3.94. The Balaban J connectivity index is 2.50. The molecule has 0 N–H and O–H groups in total. The van der Waals surface area contributed by atoms with E-state index in [1.54, 1.807) is 11.1 Å². The fraction of sp³-hybridized carbons (Fsp3) is 0.778. The summed E-state index contributed by atoms with van der Waals surface area (Å²) < 4.78 is 0. The Labute approximate surface area is 58.0 Å². The third kappa shape index (κ3) is 1.57. The smallest absolute Gasteiger partial charge is 0.0234 e. The number of rotatable bonds is 2. The SMILES string of the molecule is CCC(C)C(C)=C1CC1. The summed E-state index contributed by atoms with van der Waals surface area (Å²) in [5.74, 6) is 0.836. The summed E-state index contributed by atoms with van der Waals surface area (Å²) in [6.45, 7) is 6.87. The highest BCUT2D eigenvalue weighted by Crippen LogP contribution is 2.35. The Morgan fingerprint density at radius 2 is 2.11 bits per heavy atom. The van der Waals surface area contributed by atoms with Crippen LogP contribution in [-0.4, -0.2) is 0 Å². The first-order chi connectivity index (χ1) is 4.25. The van der Waals surface area contributed by atoms with E-state index in [0.717, 1.165) is 5.92 Å². The lowest BCUT2D eigenvalue weighted by Crippen LogP contribution is -1.92. The summed E-state index contributed by atoms with van der Waals surface area (Å²) in [4.78, 5) is 0. The topological polar surface area (TPSA) is 0 Å². The van der Waals surface area contributed by atoms with Gasteiger partial charge in [-0.25, -0.2) is 0 Å². The van der Waals surface area contributed by atoms with Crippen LogP contribution in [-0.2, 0) is 0 Å². The van der Waals surface area contributed by atoms with Crippen LogP contribution < -0.4 is 0 Å². The highest BCUT2D eigenvalue weighted by atomic mass is 14.2. The van der Waals surface area contributed by atoms with Crippen molar-refractivity contribution in [2.24, 2.45) is 5.92 Å². The van der Waals surface area contributed by atoms with Crippen molar-refractivity contribution < 1.29 is 0 Å². The van der Waals surface area contributed by atoms with Crippen molar-refractivity contribution in [2.45, 2.75) is 40.0 Å². The molecule has 1 atom stereocenters. The van der Waals surface area contributed by atoms with E-state index in [4.69, 9.17) is 0 Å². The highest BCUT2D eigenvalue weighted by molar-refractivity contribution is 5.24. The second-order valence-electron chi connectivity index (χ2n) is 3.10. The average Bonchev–Trinajstić information content (AvgIpc) is 2.66. The first-order valence-corrected chi connectivity index (χ1v) is 3.94. The van der Waals surface area contributed by atoms with Gasteiger partial charge in [0.05, 0.1) is 0 Å². The Bertz CT molecular complexity index is 125. The molecule has 0 aromatic rings. The van der Waals surface area contributed by atoms with Gasteiger partial charge in [-0.2, -0.15) is 0 Å². The molecule has 0 radical (unpaired) electrons. The number of allylic oxidation sites excluding steroid dienone is 2. The van der Waals surface area contributed by atoms with E-state index >= 15 is 0 Å². The van der Waals surface area contributed by atoms with E-state index in [1.807, 2.05) is 0 Å². The molecule has 1 aliphatic carbocycles. The van der Waals surface area contributed by atoms with Gasteiger partial charge in [0.25, 0.3) is 0 Å². The highest BCUT2D eigenvalue weighted by Gasteiger charge is 2.16. The lowest BCUT2D eigenvalue weighted by molar-refractivity contribution is 0.653. The molecule has 0 aromatic heterocycles. The van der Waals surface area contributed by atoms with Crippen molar-refractivity contribution in [3.05, 3.63) is 11.1 Å². The third-order valence-corrected chi connectivity index (χ3v) is 2.41. The molecule has 0 bridgehead atoms. The fourth-order valence-electron chi connectivity index (χ4n) is 1.11. The molecule has 0 saturated heterocycles. The van der Waals surface area contributed by atoms with E-state index in [0.29, 0.717) is 0 Å². The van der Waals surface area contributed by atoms with Crippen LogP contribution in [0.25, 0.3) is 0 Å². The van der Waals surface area contributed by atoms with Crippen LogP contribution >= 0.6 is 0 Å². The van der Waals surface area contributed by atoms with Gasteiger partial charge >= 0.3 is 0 Å². The maximum atomic E-state index is 2.32. The minimum Gasteiger partial charge on any atom is -0.0713 e. The molecule has 1 unspecified atom stereocenters. The average molecular weight is 124 g/mol. The van der Waals surface area contributed by atoms with Crippen molar-refractivity contribution >= 4 is 0 Å². The van der Waals surface area contributed by atoms with Crippen LogP contribution in [0.2, 0.25) is 0 Å². The van der Waals surface area contributed by atoms with Gasteiger partial charge in [0.2, 0.25) is 0 Å². The lowest BCUT2D eigenvalue weighted by atomic mass is 9.99. The second kappa shape index (κ2) is 2.55. The third-order valence-electron chi connectivity index (χ3n) is 2.41. The molecule has 52 valence electrons. The Kier molecular flexibility index (Phi) is 1.94. The molecular formula is C9H16. The van der Waals surface area contributed by atoms with Crippen molar-refractivity contribution in [2.75, 3.05) is 0 Å². The quantitative estimate of drug-likeness (QED) is 0.496. The van der Waals surface area contributed by atoms with E-state index in [9.17, 15) is 0 Å². The summed E-state index contributed by atoms with van der Waals surface area (Å²) in [5, 5.41) is 0. The summed E-state index contributed by atoms with van der Waals surface area (Å²) in [6, 6.07) is 0. The zero-order valence-corrected chi connectivity index (χ0v) is 6.70. The number of hydrogen-bond acceptors (Lipinski definition) is 0. The van der Waals surface area contributed by atoms with Gasteiger partial charge in [0.1, 0.15) is 0 Å². The predicted molar refractivity (Wildman–Crippen MR) is 41.4 cm³/mol. The Morgan fingerprint density at radius 1 is 1.56 bits per heavy atom. The minimum atomic E-state index is 0.836. The molecule has 0 heteroatoms. The maximum absolute atomic E-state index is 2.32. The van der Waals surface area contributed by atoms with Crippen LogP contribution in [0.4, 0.5) is 0 Å². The van der Waals surface area contributed by atoms with Crippen LogP contribution in [0.15, 0.2) is 11.1 Å². The van der Waals surface area contributed by atoms with E-state index in [1.165, 1.54) is 19.3 Å². The molecule has 1 rings (SSSR count). The molecule has 0 spiro atoms. The van der Waals surface area contributed by atoms with Crippen LogP contribution in [0, 0.1) is 5.92 Å². The normalized spacial score (nSPS) is 19.7. The van der Waals surface area contributed by atoms with Gasteiger partial charge in [-0.15, -0.1) is 0 Å². The van der Waals surface area contributed by atoms with Gasteiger partial charge in [-0.05, 0) is 32.1 Å². The Hall–Kier alpha value is -0.260. The van der Waals surface area contributed by atoms with Gasteiger partial charge in [-0.1, -0.05) is 25.0 Å². The first kappa shape index (κ1) is 6.85. The van der Waals surface area contributed by atoms with Crippen LogP contribution in [0.5, 0.6) is 0 Å². The van der Waals surface area contributed by atoms with Crippen molar-refractivity contribution in [1.82, 2.24) is 0 Å². The maximum Gasteiger partial charge on any atom is -0.0234 e. The molecule has 0 amide bonds. The summed E-state index contributed by atoms with van der Waals surface area (Å²) in [6.07, 6.45) is 4.07. The molecule has 0 nitrogen and oxygen atoms in total. The second-order valence-corrected chi connectivity index (χ2v) is 3.10. The summed E-state index contributed by atoms with van der Waals surface area (Å²) in [5.41, 5.74) is 3.39. The molecule has 0 heterocycles. The largest absolute Gasteiger partial charge is 0.0713 e. The summed E-state index contributed by atoms with van der Waals surface area (Å²) >= 11 is 0. The van der Waals surface area contributed by atoms with Crippen LogP contribution in [0.1, 0.15) is 40.0 Å². The molecule has 1 fully saturated rings. The van der Waals surface area contributed by atoms with Crippen molar-refractivity contribution in [1.29, 1.82) is 0 Å². The molecule has 9 heavy (non-hydrogen) atoms. The van der Waals surface area contributed by atoms with Gasteiger partial charge in [0.15, 0.2) is 0 Å². The van der Waals surface area contributed by atoms with E-state index in [2.05, 4.69) is 20.8 Å². The molecular weight excluding hydrogens is 108 g/mol. The molecule has 1 saturated carbocycles. The minimum absolute atomic E-state index is 0.836. The lowest BCUT2D eigenvalue weighted by Gasteiger charge is -2.07. The van der Waals surface area contributed by atoms with Crippen molar-refractivity contribution in [3.8, 4) is 0 Å². The predicted octanol–water partition coefficient (Wildman–Crippen LogP) is 3.14. The van der Waals surface area contributed by atoms with Gasteiger partial charge in [-0.3, -0.25) is 0 Å². The number of hydrogen-bond donors (Lipinski definition) is 0.